The molecule has 0 aliphatic rings. The van der Waals surface area contributed by atoms with E-state index in [-0.39, 0.29) is 36.4 Å². The molecule has 27 heavy (non-hydrogen) atoms. The number of nitrogens with zero attached hydrogens (tertiary/aromatic N) is 3. The number of halogens is 1. The summed E-state index contributed by atoms with van der Waals surface area (Å²) in [6, 6.07) is 10.1. The molecular formula is C19H29IN6O. The first-order chi connectivity index (χ1) is 12.6. The first-order valence-corrected chi connectivity index (χ1v) is 8.99. The predicted octanol–water partition coefficient (Wildman–Crippen LogP) is 2.62. The van der Waals surface area contributed by atoms with Crippen molar-refractivity contribution in [3.8, 4) is 11.3 Å². The summed E-state index contributed by atoms with van der Waals surface area (Å²) in [7, 11) is 1.93. The third-order valence-corrected chi connectivity index (χ3v) is 3.74. The van der Waals surface area contributed by atoms with Gasteiger partial charge in [-0.3, -0.25) is 4.79 Å². The average Bonchev–Trinajstić information content (AvgIpc) is 3.12. The van der Waals surface area contributed by atoms with Crippen LogP contribution in [0.25, 0.3) is 11.3 Å². The number of guanidine groups is 1. The molecule has 1 amide bonds. The second-order valence-corrected chi connectivity index (χ2v) is 5.99. The minimum Gasteiger partial charge on any atom is -0.357 e. The van der Waals surface area contributed by atoms with Gasteiger partial charge in [-0.15, -0.1) is 24.0 Å². The third kappa shape index (κ3) is 7.58. The minimum atomic E-state index is -0.0694. The van der Waals surface area contributed by atoms with E-state index >= 15 is 0 Å². The SMILES string of the molecule is CCCNC(=O)CN=C(NCC)N(C)Cc1ncc(-c2ccccc2)[nH]1.I. The lowest BCUT2D eigenvalue weighted by molar-refractivity contribution is -0.119. The Morgan fingerprint density at radius 3 is 2.63 bits per heavy atom. The molecule has 2 rings (SSSR count). The number of rotatable bonds is 8. The molecule has 0 aliphatic carbocycles. The van der Waals surface area contributed by atoms with Crippen molar-refractivity contribution >= 4 is 35.8 Å². The van der Waals surface area contributed by atoms with Crippen LogP contribution in [0.4, 0.5) is 0 Å². The van der Waals surface area contributed by atoms with Gasteiger partial charge in [-0.05, 0) is 18.9 Å². The van der Waals surface area contributed by atoms with Crippen LogP contribution in [0.3, 0.4) is 0 Å². The standard InChI is InChI=1S/C19H28N6O.HI/c1-4-11-21-18(26)13-23-19(20-5-2)25(3)14-17-22-12-16(24-17)15-9-7-6-8-10-15;/h6-10,12H,4-5,11,13-14H2,1-3H3,(H,20,23)(H,21,26)(H,22,24);1H. The highest BCUT2D eigenvalue weighted by molar-refractivity contribution is 14.0. The lowest BCUT2D eigenvalue weighted by atomic mass is 10.2. The number of carbonyl (C=O) groups excluding carboxylic acids is 1. The van der Waals surface area contributed by atoms with E-state index in [1.807, 2.05) is 62.3 Å². The van der Waals surface area contributed by atoms with Gasteiger partial charge in [0.1, 0.15) is 12.4 Å². The maximum Gasteiger partial charge on any atom is 0.241 e. The molecule has 1 aromatic heterocycles. The molecule has 0 bridgehead atoms. The fourth-order valence-corrected chi connectivity index (χ4v) is 2.44. The van der Waals surface area contributed by atoms with E-state index < -0.39 is 0 Å². The van der Waals surface area contributed by atoms with Crippen LogP contribution in [0.5, 0.6) is 0 Å². The highest BCUT2D eigenvalue weighted by atomic mass is 127. The summed E-state index contributed by atoms with van der Waals surface area (Å²) >= 11 is 0. The van der Waals surface area contributed by atoms with Crippen LogP contribution in [0.2, 0.25) is 0 Å². The van der Waals surface area contributed by atoms with Gasteiger partial charge < -0.3 is 20.5 Å². The Balaban J connectivity index is 0.00000364. The summed E-state index contributed by atoms with van der Waals surface area (Å²) in [4.78, 5) is 25.9. The molecule has 0 fully saturated rings. The smallest absolute Gasteiger partial charge is 0.241 e. The number of amides is 1. The van der Waals surface area contributed by atoms with Crippen LogP contribution >= 0.6 is 24.0 Å². The lowest BCUT2D eigenvalue weighted by Crippen LogP contribution is -2.39. The third-order valence-electron chi connectivity index (χ3n) is 3.74. The monoisotopic (exact) mass is 484 g/mol. The quantitative estimate of drug-likeness (QED) is 0.306. The average molecular weight is 484 g/mol. The van der Waals surface area contributed by atoms with Gasteiger partial charge in [0, 0.05) is 20.1 Å². The maximum atomic E-state index is 11.8. The highest BCUT2D eigenvalue weighted by Crippen LogP contribution is 2.16. The van der Waals surface area contributed by atoms with Crippen LogP contribution in [0.15, 0.2) is 41.5 Å². The van der Waals surface area contributed by atoms with E-state index in [1.54, 1.807) is 0 Å². The zero-order chi connectivity index (χ0) is 18.8. The zero-order valence-corrected chi connectivity index (χ0v) is 18.5. The summed E-state index contributed by atoms with van der Waals surface area (Å²) in [6.45, 7) is 6.10. The van der Waals surface area contributed by atoms with Gasteiger partial charge in [-0.2, -0.15) is 0 Å². The first-order valence-electron chi connectivity index (χ1n) is 8.99. The van der Waals surface area contributed by atoms with Gasteiger partial charge in [0.25, 0.3) is 0 Å². The van der Waals surface area contributed by atoms with Gasteiger partial charge in [-0.25, -0.2) is 9.98 Å². The number of hydrogen-bond acceptors (Lipinski definition) is 3. The molecule has 1 aromatic carbocycles. The second-order valence-electron chi connectivity index (χ2n) is 5.99. The van der Waals surface area contributed by atoms with Crippen LogP contribution in [0.1, 0.15) is 26.1 Å². The lowest BCUT2D eigenvalue weighted by Gasteiger charge is -2.21. The first kappa shape index (κ1) is 22.9. The summed E-state index contributed by atoms with van der Waals surface area (Å²) in [6.07, 6.45) is 2.75. The van der Waals surface area contributed by atoms with Crippen LogP contribution in [-0.4, -0.2) is 53.4 Å². The summed E-state index contributed by atoms with van der Waals surface area (Å²) in [5, 5.41) is 6.04. The molecule has 0 radical (unpaired) electrons. The topological polar surface area (TPSA) is 85.4 Å². The van der Waals surface area contributed by atoms with Crippen molar-refractivity contribution in [2.24, 2.45) is 4.99 Å². The van der Waals surface area contributed by atoms with Crippen molar-refractivity contribution in [2.75, 3.05) is 26.7 Å². The minimum absolute atomic E-state index is 0. The molecule has 7 nitrogen and oxygen atoms in total. The number of hydrogen-bond donors (Lipinski definition) is 3. The van der Waals surface area contributed by atoms with E-state index in [4.69, 9.17) is 0 Å². The fourth-order valence-electron chi connectivity index (χ4n) is 2.44. The molecule has 0 saturated carbocycles. The van der Waals surface area contributed by atoms with E-state index in [9.17, 15) is 4.79 Å². The maximum absolute atomic E-state index is 11.8. The highest BCUT2D eigenvalue weighted by Gasteiger charge is 2.10. The molecule has 2 aromatic rings. The molecule has 0 saturated heterocycles. The summed E-state index contributed by atoms with van der Waals surface area (Å²) in [5.74, 6) is 1.45. The van der Waals surface area contributed by atoms with Crippen LogP contribution in [-0.2, 0) is 11.3 Å². The van der Waals surface area contributed by atoms with Crippen LogP contribution < -0.4 is 10.6 Å². The molecule has 148 valence electrons. The van der Waals surface area contributed by atoms with E-state index in [2.05, 4.69) is 25.6 Å². The van der Waals surface area contributed by atoms with Gasteiger partial charge in [0.2, 0.25) is 5.91 Å². The molecule has 1 heterocycles. The summed E-state index contributed by atoms with van der Waals surface area (Å²) in [5.41, 5.74) is 2.08. The molecule has 8 heteroatoms. The Labute approximate surface area is 178 Å². The number of nitrogens with one attached hydrogen (secondary N) is 3. The molecular weight excluding hydrogens is 455 g/mol. The number of imidazole rings is 1. The zero-order valence-electron chi connectivity index (χ0n) is 16.2. The van der Waals surface area contributed by atoms with E-state index in [1.165, 1.54) is 0 Å². The number of H-pyrrole nitrogens is 1. The van der Waals surface area contributed by atoms with Crippen molar-refractivity contribution < 1.29 is 4.79 Å². The van der Waals surface area contributed by atoms with Crippen molar-refractivity contribution in [1.82, 2.24) is 25.5 Å². The van der Waals surface area contributed by atoms with Gasteiger partial charge >= 0.3 is 0 Å². The fraction of sp³-hybridized carbons (Fsp3) is 0.421. The molecule has 0 unspecified atom stereocenters. The Bertz CT molecular complexity index is 716. The molecule has 0 aliphatic heterocycles. The largest absolute Gasteiger partial charge is 0.357 e. The molecule has 0 atom stereocenters. The predicted molar refractivity (Wildman–Crippen MR) is 120 cm³/mol. The Morgan fingerprint density at radius 2 is 1.96 bits per heavy atom. The van der Waals surface area contributed by atoms with Crippen molar-refractivity contribution in [1.29, 1.82) is 0 Å². The number of aromatic nitrogens is 2. The van der Waals surface area contributed by atoms with Crippen molar-refractivity contribution in [3.05, 3.63) is 42.4 Å². The number of aliphatic imine (C=N–C) groups is 1. The van der Waals surface area contributed by atoms with E-state index in [0.717, 1.165) is 30.0 Å². The van der Waals surface area contributed by atoms with Gasteiger partial charge in [0.05, 0.1) is 18.4 Å². The van der Waals surface area contributed by atoms with Gasteiger partial charge in [-0.1, -0.05) is 37.3 Å². The van der Waals surface area contributed by atoms with Crippen molar-refractivity contribution in [2.45, 2.75) is 26.8 Å². The molecule has 3 N–H and O–H groups in total. The summed E-state index contributed by atoms with van der Waals surface area (Å²) < 4.78 is 0. The van der Waals surface area contributed by atoms with Crippen molar-refractivity contribution in [3.63, 3.8) is 0 Å². The Hall–Kier alpha value is -2.10. The normalized spacial score (nSPS) is 10.9. The van der Waals surface area contributed by atoms with Gasteiger partial charge in [0.15, 0.2) is 5.96 Å². The number of carbonyl (C=O) groups is 1. The Kier molecular flexibility index (Phi) is 10.5. The number of benzene rings is 1. The van der Waals surface area contributed by atoms with E-state index in [0.29, 0.717) is 19.0 Å². The number of aromatic amines is 1. The second kappa shape index (κ2) is 12.3. The molecule has 0 spiro atoms. The Morgan fingerprint density at radius 1 is 1.22 bits per heavy atom. The van der Waals surface area contributed by atoms with Crippen LogP contribution in [0, 0.1) is 0 Å².